The van der Waals surface area contributed by atoms with Gasteiger partial charge >= 0.3 is 0 Å². The molecule has 0 bridgehead atoms. The summed E-state index contributed by atoms with van der Waals surface area (Å²) >= 11 is 0. The lowest BCUT2D eigenvalue weighted by Crippen LogP contribution is -2.36. The summed E-state index contributed by atoms with van der Waals surface area (Å²) in [5.74, 6) is -0.0186. The molecule has 0 spiro atoms. The van der Waals surface area contributed by atoms with Gasteiger partial charge < -0.3 is 4.90 Å². The van der Waals surface area contributed by atoms with Crippen LogP contribution in [0.2, 0.25) is 0 Å². The molecule has 1 aliphatic rings. The van der Waals surface area contributed by atoms with Crippen molar-refractivity contribution in [2.45, 2.75) is 30.8 Å². The molecular weight excluding hydrogens is 390 g/mol. The molecule has 0 saturated carbocycles. The van der Waals surface area contributed by atoms with Crippen molar-refractivity contribution in [2.75, 3.05) is 6.54 Å². The molecule has 0 aliphatic carbocycles. The average molecular weight is 411 g/mol. The summed E-state index contributed by atoms with van der Waals surface area (Å²) in [6, 6.07) is 14.2. The summed E-state index contributed by atoms with van der Waals surface area (Å²) < 4.78 is 28.4. The first kappa shape index (κ1) is 19.3. The molecule has 0 saturated heterocycles. The molecule has 0 radical (unpaired) electrons. The highest BCUT2D eigenvalue weighted by atomic mass is 32.2. The summed E-state index contributed by atoms with van der Waals surface area (Å²) in [4.78, 5) is 18.2. The van der Waals surface area contributed by atoms with E-state index in [-0.39, 0.29) is 22.7 Å². The zero-order valence-electron chi connectivity index (χ0n) is 15.9. The fourth-order valence-corrected chi connectivity index (χ4v) is 4.72. The fraction of sp³-hybridized carbons (Fsp3) is 0.250. The molecule has 8 nitrogen and oxygen atoms in total. The largest absolute Gasteiger partial charge is 0.331 e. The number of rotatable bonds is 5. The number of sulfonamides is 1. The number of nitrogens with zero attached hydrogens (tertiary/aromatic N) is 3. The first-order valence-corrected chi connectivity index (χ1v) is 10.8. The number of hydrogen-bond acceptors (Lipinski definition) is 5. The maximum Gasteiger partial charge on any atom is 0.291 e. The highest BCUT2D eigenvalue weighted by Gasteiger charge is 2.25. The van der Waals surface area contributed by atoms with Crippen LogP contribution in [-0.4, -0.2) is 41.0 Å². The minimum Gasteiger partial charge on any atom is -0.331 e. The zero-order chi connectivity index (χ0) is 20.4. The first-order chi connectivity index (χ1) is 13.9. The molecule has 2 heterocycles. The third-order valence-corrected chi connectivity index (χ3v) is 6.57. The number of carbonyl (C=O) groups excluding carboxylic acids is 1. The summed E-state index contributed by atoms with van der Waals surface area (Å²) in [6.07, 6.45) is 1.87. The average Bonchev–Trinajstić information content (AvgIpc) is 3.27. The van der Waals surface area contributed by atoms with Gasteiger partial charge in [0.1, 0.15) is 6.33 Å². The second kappa shape index (κ2) is 7.76. The van der Waals surface area contributed by atoms with Crippen LogP contribution < -0.4 is 4.72 Å². The molecule has 0 fully saturated rings. The molecule has 1 amide bonds. The molecule has 1 aromatic heterocycles. The second-order valence-corrected chi connectivity index (χ2v) is 8.71. The van der Waals surface area contributed by atoms with E-state index in [0.29, 0.717) is 19.5 Å². The zero-order valence-corrected chi connectivity index (χ0v) is 16.7. The van der Waals surface area contributed by atoms with Crippen LogP contribution in [0, 0.1) is 0 Å². The maximum absolute atomic E-state index is 12.8. The Morgan fingerprint density at radius 3 is 2.69 bits per heavy atom. The Morgan fingerprint density at radius 1 is 1.17 bits per heavy atom. The SMILES string of the molecule is C[C@@H](NS(=O)(=O)c1ccc2c(c1)CCN(C(=O)c1ncn[nH]1)C2)c1ccccc1. The van der Waals surface area contributed by atoms with Crippen LogP contribution in [-0.2, 0) is 23.0 Å². The van der Waals surface area contributed by atoms with Crippen LogP contribution in [0.25, 0.3) is 0 Å². The molecule has 2 aromatic carbocycles. The minimum absolute atomic E-state index is 0.201. The highest BCUT2D eigenvalue weighted by Crippen LogP contribution is 2.24. The Labute approximate surface area is 169 Å². The number of aromatic amines is 1. The monoisotopic (exact) mass is 411 g/mol. The lowest BCUT2D eigenvalue weighted by atomic mass is 10.00. The number of hydrogen-bond donors (Lipinski definition) is 2. The third kappa shape index (κ3) is 4.06. The molecule has 1 atom stereocenters. The van der Waals surface area contributed by atoms with Crippen LogP contribution in [0.15, 0.2) is 59.8 Å². The van der Waals surface area contributed by atoms with Gasteiger partial charge in [-0.05, 0) is 42.2 Å². The molecule has 9 heteroatoms. The van der Waals surface area contributed by atoms with Crippen molar-refractivity contribution >= 4 is 15.9 Å². The molecule has 3 aromatic rings. The van der Waals surface area contributed by atoms with E-state index in [0.717, 1.165) is 16.7 Å². The predicted molar refractivity (Wildman–Crippen MR) is 106 cm³/mol. The molecule has 29 heavy (non-hydrogen) atoms. The van der Waals surface area contributed by atoms with Gasteiger partial charge in [-0.3, -0.25) is 9.89 Å². The fourth-order valence-electron chi connectivity index (χ4n) is 3.44. The Kier molecular flexibility index (Phi) is 5.16. The van der Waals surface area contributed by atoms with Crippen molar-refractivity contribution in [1.82, 2.24) is 24.8 Å². The van der Waals surface area contributed by atoms with Gasteiger partial charge in [-0.15, -0.1) is 0 Å². The van der Waals surface area contributed by atoms with Crippen molar-refractivity contribution < 1.29 is 13.2 Å². The predicted octanol–water partition coefficient (Wildman–Crippen LogP) is 2.04. The maximum atomic E-state index is 12.8. The summed E-state index contributed by atoms with van der Waals surface area (Å²) in [5.41, 5.74) is 2.76. The van der Waals surface area contributed by atoms with Crippen LogP contribution >= 0.6 is 0 Å². The number of H-pyrrole nitrogens is 1. The Bertz CT molecular complexity index is 1110. The van der Waals surface area contributed by atoms with E-state index in [2.05, 4.69) is 19.9 Å². The number of carbonyl (C=O) groups is 1. The molecule has 4 rings (SSSR count). The number of benzene rings is 2. The Hall–Kier alpha value is -3.04. The van der Waals surface area contributed by atoms with Gasteiger partial charge in [0.2, 0.25) is 15.8 Å². The molecule has 1 aliphatic heterocycles. The molecule has 2 N–H and O–H groups in total. The number of nitrogens with one attached hydrogen (secondary N) is 2. The second-order valence-electron chi connectivity index (χ2n) is 6.99. The van der Waals surface area contributed by atoms with E-state index < -0.39 is 10.0 Å². The molecule has 0 unspecified atom stereocenters. The van der Waals surface area contributed by atoms with E-state index in [1.807, 2.05) is 37.3 Å². The summed E-state index contributed by atoms with van der Waals surface area (Å²) in [5, 5.41) is 6.29. The topological polar surface area (TPSA) is 108 Å². The Morgan fingerprint density at radius 2 is 1.97 bits per heavy atom. The standard InChI is InChI=1S/C20H21N5O3S/c1-14(15-5-3-2-4-6-15)24-29(27,28)18-8-7-17-12-25(10-9-16(17)11-18)20(26)19-21-13-22-23-19/h2-8,11,13-14,24H,9-10,12H2,1H3,(H,21,22,23)/t14-/m1/s1. The van der Waals surface area contributed by atoms with Gasteiger partial charge in [0.25, 0.3) is 5.91 Å². The van der Waals surface area contributed by atoms with E-state index in [9.17, 15) is 13.2 Å². The van der Waals surface area contributed by atoms with E-state index in [1.54, 1.807) is 23.1 Å². The van der Waals surface area contributed by atoms with E-state index in [4.69, 9.17) is 0 Å². The van der Waals surface area contributed by atoms with E-state index >= 15 is 0 Å². The lowest BCUT2D eigenvalue weighted by molar-refractivity contribution is 0.0722. The summed E-state index contributed by atoms with van der Waals surface area (Å²) in [6.45, 7) is 2.71. The van der Waals surface area contributed by atoms with Gasteiger partial charge in [0, 0.05) is 19.1 Å². The van der Waals surface area contributed by atoms with Crippen molar-refractivity contribution in [3.8, 4) is 0 Å². The van der Waals surface area contributed by atoms with Crippen molar-refractivity contribution in [3.63, 3.8) is 0 Å². The first-order valence-electron chi connectivity index (χ1n) is 9.28. The minimum atomic E-state index is -3.66. The van der Waals surface area contributed by atoms with Crippen molar-refractivity contribution in [1.29, 1.82) is 0 Å². The van der Waals surface area contributed by atoms with E-state index in [1.165, 1.54) is 6.33 Å². The van der Waals surface area contributed by atoms with Crippen LogP contribution in [0.1, 0.15) is 40.3 Å². The Balaban J connectivity index is 1.51. The van der Waals surface area contributed by atoms with Gasteiger partial charge in [0.15, 0.2) is 0 Å². The van der Waals surface area contributed by atoms with Crippen LogP contribution in [0.5, 0.6) is 0 Å². The quantitative estimate of drug-likeness (QED) is 0.668. The van der Waals surface area contributed by atoms with Gasteiger partial charge in [-0.25, -0.2) is 18.1 Å². The third-order valence-electron chi connectivity index (χ3n) is 5.04. The molecular formula is C20H21N5O3S. The normalized spacial score (nSPS) is 15.0. The van der Waals surface area contributed by atoms with Gasteiger partial charge in [-0.2, -0.15) is 5.10 Å². The van der Waals surface area contributed by atoms with Crippen molar-refractivity contribution in [2.24, 2.45) is 0 Å². The van der Waals surface area contributed by atoms with Crippen LogP contribution in [0.4, 0.5) is 0 Å². The number of amides is 1. The van der Waals surface area contributed by atoms with Gasteiger partial charge in [-0.1, -0.05) is 36.4 Å². The number of fused-ring (bicyclic) bond motifs is 1. The van der Waals surface area contributed by atoms with Crippen LogP contribution in [0.3, 0.4) is 0 Å². The van der Waals surface area contributed by atoms with Crippen molar-refractivity contribution in [3.05, 3.63) is 77.4 Å². The lowest BCUT2D eigenvalue weighted by Gasteiger charge is -2.28. The smallest absolute Gasteiger partial charge is 0.291 e. The molecule has 150 valence electrons. The van der Waals surface area contributed by atoms with Gasteiger partial charge in [0.05, 0.1) is 4.90 Å². The highest BCUT2D eigenvalue weighted by molar-refractivity contribution is 7.89. The number of aromatic nitrogens is 3. The summed E-state index contributed by atoms with van der Waals surface area (Å²) in [7, 11) is -3.66.